The third kappa shape index (κ3) is 5.18. The summed E-state index contributed by atoms with van der Waals surface area (Å²) in [6.45, 7) is 1.41. The van der Waals surface area contributed by atoms with Crippen molar-refractivity contribution in [2.24, 2.45) is 10.2 Å². The second kappa shape index (κ2) is 8.81. The number of para-hydroxylation sites is 1. The van der Waals surface area contributed by atoms with Crippen LogP contribution in [0.2, 0.25) is 0 Å². The number of carboxylic acids is 1. The van der Waals surface area contributed by atoms with E-state index in [0.717, 1.165) is 17.8 Å². The number of nitrogens with zero attached hydrogens (tertiary/aromatic N) is 2. The minimum absolute atomic E-state index is 0.143. The van der Waals surface area contributed by atoms with Crippen LogP contribution in [-0.2, 0) is 19.1 Å². The Bertz CT molecular complexity index is 818. The zero-order valence-electron chi connectivity index (χ0n) is 13.8. The second-order valence-corrected chi connectivity index (χ2v) is 5.90. The Hall–Kier alpha value is -3.14. The Balaban J connectivity index is 2.10. The second-order valence-electron chi connectivity index (χ2n) is 4.87. The highest BCUT2D eigenvalue weighted by Gasteiger charge is 2.25. The van der Waals surface area contributed by atoms with Crippen LogP contribution in [0.1, 0.15) is 12.5 Å². The molecule has 9 nitrogen and oxygen atoms in total. The van der Waals surface area contributed by atoms with Gasteiger partial charge in [0, 0.05) is 11.6 Å². The number of carbonyl (C=O) groups is 3. The highest BCUT2D eigenvalue weighted by Crippen LogP contribution is 2.23. The summed E-state index contributed by atoms with van der Waals surface area (Å²) in [4.78, 5) is 33.9. The number of nitrogens with one attached hydrogen (secondary N) is 1. The predicted octanol–water partition coefficient (Wildman–Crippen LogP) is 1.15. The van der Waals surface area contributed by atoms with E-state index in [4.69, 9.17) is 9.84 Å². The molecule has 0 bridgehead atoms. The summed E-state index contributed by atoms with van der Waals surface area (Å²) in [5.41, 5.74) is 0.518. The fourth-order valence-corrected chi connectivity index (χ4v) is 2.46. The minimum atomic E-state index is -1.09. The van der Waals surface area contributed by atoms with E-state index in [1.165, 1.54) is 20.2 Å². The van der Waals surface area contributed by atoms with E-state index in [1.807, 2.05) is 0 Å². The lowest BCUT2D eigenvalue weighted by Gasteiger charge is -2.11. The highest BCUT2D eigenvalue weighted by molar-refractivity contribution is 8.18. The van der Waals surface area contributed by atoms with Crippen molar-refractivity contribution in [3.05, 3.63) is 40.8 Å². The average Bonchev–Trinajstić information content (AvgIpc) is 2.95. The van der Waals surface area contributed by atoms with Crippen LogP contribution in [0.15, 0.2) is 45.4 Å². The summed E-state index contributed by atoms with van der Waals surface area (Å²) in [7, 11) is 1.21. The van der Waals surface area contributed by atoms with Gasteiger partial charge in [-0.05, 0) is 30.8 Å². The molecule has 1 atom stereocenters. The normalized spacial score (nSPS) is 18.2. The van der Waals surface area contributed by atoms with Gasteiger partial charge in [0.25, 0.3) is 5.91 Å². The summed E-state index contributed by atoms with van der Waals surface area (Å²) >= 11 is 0.943. The largest absolute Gasteiger partial charge is 0.479 e. The van der Waals surface area contributed by atoms with E-state index in [0.29, 0.717) is 11.3 Å². The topological polar surface area (TPSA) is 127 Å². The van der Waals surface area contributed by atoms with Gasteiger partial charge in [0.15, 0.2) is 11.3 Å². The van der Waals surface area contributed by atoms with Crippen LogP contribution in [0, 0.1) is 0 Å². The van der Waals surface area contributed by atoms with Crippen molar-refractivity contribution in [3.8, 4) is 5.75 Å². The van der Waals surface area contributed by atoms with Crippen molar-refractivity contribution in [3.63, 3.8) is 0 Å². The third-order valence-corrected chi connectivity index (χ3v) is 3.92. The quantitative estimate of drug-likeness (QED) is 0.329. The van der Waals surface area contributed by atoms with E-state index < -0.39 is 23.9 Å². The van der Waals surface area contributed by atoms with Crippen molar-refractivity contribution < 1.29 is 29.0 Å². The van der Waals surface area contributed by atoms with Gasteiger partial charge in [-0.15, -0.1) is 5.10 Å². The summed E-state index contributed by atoms with van der Waals surface area (Å²) in [6, 6.07) is 6.72. The highest BCUT2D eigenvalue weighted by atomic mass is 32.2. The molecule has 1 unspecified atom stereocenters. The lowest BCUT2D eigenvalue weighted by molar-refractivity contribution is -0.144. The standard InChI is InChI=1S/C16H15N3O6S/c1-9(15(22)23)25-11-6-4-3-5-10(11)8-17-19-16-18-14(21)12(26-16)7-13(20)24-2/h3-9H,1-2H3,(H,22,23)(H,18,19,21)/b12-7+,17-8?. The molecule has 1 amide bonds. The molecule has 0 radical (unpaired) electrons. The molecule has 1 aliphatic heterocycles. The molecule has 2 N–H and O–H groups in total. The van der Waals surface area contributed by atoms with E-state index in [9.17, 15) is 14.4 Å². The predicted molar refractivity (Wildman–Crippen MR) is 95.0 cm³/mol. The lowest BCUT2D eigenvalue weighted by atomic mass is 10.2. The summed E-state index contributed by atoms with van der Waals surface area (Å²) in [6.07, 6.45) is 1.40. The third-order valence-electron chi connectivity index (χ3n) is 3.02. The molecular formula is C16H15N3O6S. The fraction of sp³-hybridized carbons (Fsp3) is 0.188. The van der Waals surface area contributed by atoms with Gasteiger partial charge in [0.05, 0.1) is 18.2 Å². The van der Waals surface area contributed by atoms with Gasteiger partial charge < -0.3 is 14.6 Å². The number of aliphatic carboxylic acids is 1. The van der Waals surface area contributed by atoms with Gasteiger partial charge >= 0.3 is 11.9 Å². The lowest BCUT2D eigenvalue weighted by Crippen LogP contribution is -2.23. The molecule has 0 aromatic heterocycles. The first-order valence-corrected chi connectivity index (χ1v) is 8.10. The van der Waals surface area contributed by atoms with Gasteiger partial charge in [-0.1, -0.05) is 12.1 Å². The van der Waals surface area contributed by atoms with Crippen molar-refractivity contribution in [2.45, 2.75) is 13.0 Å². The van der Waals surface area contributed by atoms with Gasteiger partial charge in [-0.2, -0.15) is 5.10 Å². The zero-order valence-corrected chi connectivity index (χ0v) is 14.6. The number of hydrogen-bond donors (Lipinski definition) is 2. The molecule has 1 saturated heterocycles. The van der Waals surface area contributed by atoms with E-state index in [2.05, 4.69) is 20.3 Å². The molecule has 2 rings (SSSR count). The minimum Gasteiger partial charge on any atom is -0.479 e. The molecule has 136 valence electrons. The molecule has 0 spiro atoms. The van der Waals surface area contributed by atoms with Crippen LogP contribution < -0.4 is 10.1 Å². The first-order chi connectivity index (χ1) is 12.4. The van der Waals surface area contributed by atoms with Crippen LogP contribution in [0.4, 0.5) is 0 Å². The SMILES string of the molecule is COC(=O)/C=C1/S/C(=N\N=Cc2ccccc2OC(C)C(=O)O)NC1=O. The molecule has 0 aliphatic carbocycles. The summed E-state index contributed by atoms with van der Waals surface area (Å²) < 4.78 is 9.81. The Kier molecular flexibility index (Phi) is 6.50. The van der Waals surface area contributed by atoms with E-state index >= 15 is 0 Å². The average molecular weight is 377 g/mol. The van der Waals surface area contributed by atoms with Crippen LogP contribution in [0.3, 0.4) is 0 Å². The Morgan fingerprint density at radius 2 is 2.08 bits per heavy atom. The van der Waals surface area contributed by atoms with Crippen LogP contribution in [-0.4, -0.2) is 47.5 Å². The number of ether oxygens (including phenoxy) is 2. The van der Waals surface area contributed by atoms with Crippen molar-refractivity contribution in [2.75, 3.05) is 7.11 Å². The number of methoxy groups -OCH3 is 1. The Morgan fingerprint density at radius 3 is 2.77 bits per heavy atom. The maximum atomic E-state index is 11.7. The fourth-order valence-electron chi connectivity index (χ4n) is 1.72. The number of carboxylic acid groups (broad SMARTS) is 1. The first kappa shape index (κ1) is 19.2. The monoisotopic (exact) mass is 377 g/mol. The summed E-state index contributed by atoms with van der Waals surface area (Å²) in [5, 5.41) is 19.3. The maximum absolute atomic E-state index is 11.7. The van der Waals surface area contributed by atoms with Gasteiger partial charge in [-0.3, -0.25) is 10.1 Å². The molecule has 1 aliphatic rings. The molecule has 1 aromatic carbocycles. The number of hydrogen-bond acceptors (Lipinski definition) is 8. The van der Waals surface area contributed by atoms with E-state index in [1.54, 1.807) is 24.3 Å². The smallest absolute Gasteiger partial charge is 0.344 e. The van der Waals surface area contributed by atoms with Gasteiger partial charge in [0.1, 0.15) is 5.75 Å². The Morgan fingerprint density at radius 1 is 1.35 bits per heavy atom. The van der Waals surface area contributed by atoms with Crippen LogP contribution >= 0.6 is 11.8 Å². The summed E-state index contributed by atoms with van der Waals surface area (Å²) in [5.74, 6) is -1.88. The first-order valence-electron chi connectivity index (χ1n) is 7.29. The molecule has 26 heavy (non-hydrogen) atoms. The number of thioether (sulfide) groups is 1. The zero-order chi connectivity index (χ0) is 19.1. The van der Waals surface area contributed by atoms with Gasteiger partial charge in [-0.25, -0.2) is 9.59 Å². The number of esters is 1. The van der Waals surface area contributed by atoms with Crippen molar-refractivity contribution in [1.29, 1.82) is 0 Å². The van der Waals surface area contributed by atoms with Crippen molar-refractivity contribution in [1.82, 2.24) is 5.32 Å². The molecular weight excluding hydrogens is 362 g/mol. The number of amidine groups is 1. The maximum Gasteiger partial charge on any atom is 0.344 e. The van der Waals surface area contributed by atoms with Crippen LogP contribution in [0.5, 0.6) is 5.75 Å². The molecule has 1 heterocycles. The number of rotatable bonds is 6. The molecule has 10 heteroatoms. The number of benzene rings is 1. The Labute approximate surface area is 152 Å². The van der Waals surface area contributed by atoms with Crippen molar-refractivity contribution >= 4 is 41.0 Å². The van der Waals surface area contributed by atoms with Crippen LogP contribution in [0.25, 0.3) is 0 Å². The van der Waals surface area contributed by atoms with E-state index in [-0.39, 0.29) is 10.1 Å². The number of amides is 1. The molecule has 0 saturated carbocycles. The molecule has 1 aromatic rings. The van der Waals surface area contributed by atoms with Gasteiger partial charge in [0.2, 0.25) is 0 Å². The molecule has 1 fully saturated rings. The number of carbonyl (C=O) groups excluding carboxylic acids is 2.